The average molecular weight is 392 g/mol. The molecule has 0 radical (unpaired) electrons. The van der Waals surface area contributed by atoms with E-state index >= 15 is 0 Å². The third-order valence-corrected chi connectivity index (χ3v) is 4.60. The molecule has 0 aliphatic rings. The third-order valence-electron chi connectivity index (χ3n) is 4.60. The SMILES string of the molecule is CCCCNc1nc(C)c(C=CC(C)(C)c2ccc(C(F)(F)F)cc2)c(N)n1. The standard InChI is InChI=1S/C21H27F3N4/c1-5-6-13-26-19-27-14(2)17(18(25)28-19)11-12-20(3,4)15-7-9-16(10-8-15)21(22,23)24/h7-12H,5-6,13H2,1-4H3,(H3,25,26,27,28). The summed E-state index contributed by atoms with van der Waals surface area (Å²) in [7, 11) is 0. The van der Waals surface area contributed by atoms with Gasteiger partial charge in [-0.15, -0.1) is 0 Å². The molecule has 4 nitrogen and oxygen atoms in total. The topological polar surface area (TPSA) is 63.8 Å². The molecule has 0 bridgehead atoms. The number of aryl methyl sites for hydroxylation is 1. The van der Waals surface area contributed by atoms with Crippen LogP contribution in [-0.2, 0) is 11.6 Å². The lowest BCUT2D eigenvalue weighted by Crippen LogP contribution is -2.14. The molecule has 2 rings (SSSR count). The molecule has 0 aliphatic heterocycles. The number of anilines is 2. The number of aromatic nitrogens is 2. The summed E-state index contributed by atoms with van der Waals surface area (Å²) in [5.74, 6) is 0.869. The maximum Gasteiger partial charge on any atom is 0.416 e. The second-order valence-electron chi connectivity index (χ2n) is 7.34. The first-order chi connectivity index (χ1) is 13.0. The van der Waals surface area contributed by atoms with E-state index in [-0.39, 0.29) is 0 Å². The predicted octanol–water partition coefficient (Wildman–Crippen LogP) is 5.59. The number of nitrogens with one attached hydrogen (secondary N) is 1. The number of benzene rings is 1. The van der Waals surface area contributed by atoms with Crippen molar-refractivity contribution in [3.8, 4) is 0 Å². The van der Waals surface area contributed by atoms with Crippen LogP contribution in [0.3, 0.4) is 0 Å². The minimum absolute atomic E-state index is 0.367. The average Bonchev–Trinajstić information content (AvgIpc) is 2.60. The van der Waals surface area contributed by atoms with Gasteiger partial charge in [0.2, 0.25) is 5.95 Å². The molecule has 0 spiro atoms. The van der Waals surface area contributed by atoms with Crippen molar-refractivity contribution in [1.29, 1.82) is 0 Å². The van der Waals surface area contributed by atoms with Crippen LogP contribution >= 0.6 is 0 Å². The molecule has 152 valence electrons. The first kappa shape index (κ1) is 21.7. The van der Waals surface area contributed by atoms with Gasteiger partial charge in [0.25, 0.3) is 0 Å². The van der Waals surface area contributed by atoms with Gasteiger partial charge in [-0.3, -0.25) is 0 Å². The van der Waals surface area contributed by atoms with Crippen LogP contribution in [0.25, 0.3) is 6.08 Å². The summed E-state index contributed by atoms with van der Waals surface area (Å²) >= 11 is 0. The molecular formula is C21H27F3N4. The van der Waals surface area contributed by atoms with Gasteiger partial charge in [0.15, 0.2) is 0 Å². The van der Waals surface area contributed by atoms with Crippen molar-refractivity contribution in [2.75, 3.05) is 17.6 Å². The van der Waals surface area contributed by atoms with Gasteiger partial charge in [-0.2, -0.15) is 18.2 Å². The Morgan fingerprint density at radius 1 is 1.07 bits per heavy atom. The van der Waals surface area contributed by atoms with E-state index in [1.165, 1.54) is 12.1 Å². The highest BCUT2D eigenvalue weighted by atomic mass is 19.4. The van der Waals surface area contributed by atoms with Crippen molar-refractivity contribution >= 4 is 17.8 Å². The largest absolute Gasteiger partial charge is 0.416 e. The summed E-state index contributed by atoms with van der Waals surface area (Å²) in [6.07, 6.45) is 1.49. The van der Waals surface area contributed by atoms with Crippen LogP contribution in [0.5, 0.6) is 0 Å². The monoisotopic (exact) mass is 392 g/mol. The molecule has 0 saturated heterocycles. The zero-order valence-electron chi connectivity index (χ0n) is 16.7. The number of nitrogen functional groups attached to an aromatic ring is 1. The molecular weight excluding hydrogens is 365 g/mol. The van der Waals surface area contributed by atoms with E-state index in [4.69, 9.17) is 5.73 Å². The number of nitrogens with two attached hydrogens (primary N) is 1. The first-order valence-corrected chi connectivity index (χ1v) is 9.29. The number of allylic oxidation sites excluding steroid dienone is 1. The molecule has 1 heterocycles. The Morgan fingerprint density at radius 3 is 2.21 bits per heavy atom. The lowest BCUT2D eigenvalue weighted by molar-refractivity contribution is -0.137. The Hall–Kier alpha value is -2.57. The van der Waals surface area contributed by atoms with Crippen LogP contribution in [0.15, 0.2) is 30.3 Å². The van der Waals surface area contributed by atoms with Crippen LogP contribution in [0.2, 0.25) is 0 Å². The molecule has 0 unspecified atom stereocenters. The third kappa shape index (κ3) is 5.47. The maximum atomic E-state index is 12.8. The molecule has 0 amide bonds. The number of halogens is 3. The highest BCUT2D eigenvalue weighted by Gasteiger charge is 2.30. The van der Waals surface area contributed by atoms with Gasteiger partial charge in [0, 0.05) is 17.5 Å². The quantitative estimate of drug-likeness (QED) is 0.603. The smallest absolute Gasteiger partial charge is 0.383 e. The minimum Gasteiger partial charge on any atom is -0.383 e. The van der Waals surface area contributed by atoms with E-state index in [9.17, 15) is 13.2 Å². The van der Waals surface area contributed by atoms with Crippen LogP contribution in [0.4, 0.5) is 24.9 Å². The van der Waals surface area contributed by atoms with Crippen molar-refractivity contribution in [3.05, 3.63) is 52.7 Å². The zero-order valence-corrected chi connectivity index (χ0v) is 16.7. The zero-order chi connectivity index (χ0) is 20.9. The number of hydrogen-bond donors (Lipinski definition) is 2. The second-order valence-corrected chi connectivity index (χ2v) is 7.34. The lowest BCUT2D eigenvalue weighted by Gasteiger charge is -2.22. The van der Waals surface area contributed by atoms with Gasteiger partial charge >= 0.3 is 6.18 Å². The van der Waals surface area contributed by atoms with E-state index < -0.39 is 17.2 Å². The predicted molar refractivity (Wildman–Crippen MR) is 108 cm³/mol. The molecule has 0 saturated carbocycles. The fourth-order valence-electron chi connectivity index (χ4n) is 2.74. The summed E-state index contributed by atoms with van der Waals surface area (Å²) in [4.78, 5) is 8.74. The van der Waals surface area contributed by atoms with Gasteiger partial charge in [0.1, 0.15) is 5.82 Å². The Balaban J connectivity index is 2.21. The lowest BCUT2D eigenvalue weighted by atomic mass is 9.83. The Bertz CT molecular complexity index is 802. The fraction of sp³-hybridized carbons (Fsp3) is 0.429. The van der Waals surface area contributed by atoms with Crippen LogP contribution in [-0.4, -0.2) is 16.5 Å². The fourth-order valence-corrected chi connectivity index (χ4v) is 2.74. The summed E-state index contributed by atoms with van der Waals surface area (Å²) in [6, 6.07) is 5.20. The van der Waals surface area contributed by atoms with E-state index in [1.807, 2.05) is 32.9 Å². The van der Waals surface area contributed by atoms with Crippen molar-refractivity contribution in [1.82, 2.24) is 9.97 Å². The minimum atomic E-state index is -4.34. The number of hydrogen-bond acceptors (Lipinski definition) is 4. The summed E-state index contributed by atoms with van der Waals surface area (Å²) in [6.45, 7) is 8.60. The Kier molecular flexibility index (Phi) is 6.69. The van der Waals surface area contributed by atoms with E-state index in [0.29, 0.717) is 17.3 Å². The van der Waals surface area contributed by atoms with Crippen molar-refractivity contribution in [3.63, 3.8) is 0 Å². The Labute approximate surface area is 164 Å². The summed E-state index contributed by atoms with van der Waals surface area (Å²) in [5, 5.41) is 3.15. The summed E-state index contributed by atoms with van der Waals surface area (Å²) < 4.78 is 38.3. The van der Waals surface area contributed by atoms with Crippen LogP contribution < -0.4 is 11.1 Å². The maximum absolute atomic E-state index is 12.8. The van der Waals surface area contributed by atoms with Crippen LogP contribution in [0.1, 0.15) is 56.0 Å². The number of rotatable bonds is 7. The molecule has 0 fully saturated rings. The van der Waals surface area contributed by atoms with E-state index in [1.54, 1.807) is 0 Å². The van der Waals surface area contributed by atoms with Crippen molar-refractivity contribution in [2.45, 2.75) is 52.1 Å². The molecule has 7 heteroatoms. The Morgan fingerprint density at radius 2 is 1.68 bits per heavy atom. The molecule has 2 aromatic rings. The molecule has 0 atom stereocenters. The second kappa shape index (κ2) is 8.63. The van der Waals surface area contributed by atoms with Gasteiger partial charge in [-0.05, 0) is 31.0 Å². The molecule has 1 aromatic heterocycles. The highest BCUT2D eigenvalue weighted by molar-refractivity contribution is 5.65. The highest BCUT2D eigenvalue weighted by Crippen LogP contribution is 2.32. The number of unbranched alkanes of at least 4 members (excludes halogenated alkanes) is 1. The van der Waals surface area contributed by atoms with Crippen LogP contribution in [0, 0.1) is 6.92 Å². The van der Waals surface area contributed by atoms with E-state index in [0.717, 1.165) is 42.8 Å². The number of nitrogens with zero attached hydrogens (tertiary/aromatic N) is 2. The van der Waals surface area contributed by atoms with E-state index in [2.05, 4.69) is 22.2 Å². The summed E-state index contributed by atoms with van der Waals surface area (Å²) in [5.41, 5.74) is 7.17. The van der Waals surface area contributed by atoms with Gasteiger partial charge in [0.05, 0.1) is 11.3 Å². The number of alkyl halides is 3. The molecule has 28 heavy (non-hydrogen) atoms. The molecule has 1 aromatic carbocycles. The van der Waals surface area contributed by atoms with Crippen molar-refractivity contribution in [2.24, 2.45) is 0 Å². The molecule has 0 aliphatic carbocycles. The van der Waals surface area contributed by atoms with Crippen molar-refractivity contribution < 1.29 is 13.2 Å². The van der Waals surface area contributed by atoms with Gasteiger partial charge in [-0.1, -0.05) is 51.5 Å². The molecule has 3 N–H and O–H groups in total. The van der Waals surface area contributed by atoms with Gasteiger partial charge in [-0.25, -0.2) is 4.98 Å². The first-order valence-electron chi connectivity index (χ1n) is 9.29. The van der Waals surface area contributed by atoms with Gasteiger partial charge < -0.3 is 11.1 Å². The normalized spacial score (nSPS) is 12.5.